The van der Waals surface area contributed by atoms with Crippen LogP contribution < -0.4 is 16.0 Å². The normalized spacial score (nSPS) is 10.6. The number of nitro groups is 1. The van der Waals surface area contributed by atoms with E-state index in [9.17, 15) is 19.7 Å². The Labute approximate surface area is 122 Å². The van der Waals surface area contributed by atoms with E-state index < -0.39 is 11.0 Å². The molecule has 0 saturated heterocycles. The van der Waals surface area contributed by atoms with Crippen LogP contribution in [0.15, 0.2) is 24.3 Å². The minimum absolute atomic E-state index is 0.0643. The maximum Gasteiger partial charge on any atom is 0.319 e. The molecule has 3 amide bonds. The van der Waals surface area contributed by atoms with Gasteiger partial charge >= 0.3 is 6.03 Å². The number of non-ortho nitro benzene ring substituents is 1. The van der Waals surface area contributed by atoms with Crippen molar-refractivity contribution < 1.29 is 14.5 Å². The minimum Gasteiger partial charge on any atom is -0.350 e. The molecule has 0 atom stereocenters. The lowest BCUT2D eigenvalue weighted by atomic mass is 10.1. The monoisotopic (exact) mass is 294 g/mol. The lowest BCUT2D eigenvalue weighted by molar-refractivity contribution is -0.384. The van der Waals surface area contributed by atoms with E-state index in [0.29, 0.717) is 5.69 Å². The number of nitrogens with zero attached hydrogens (tertiary/aromatic N) is 1. The van der Waals surface area contributed by atoms with Crippen molar-refractivity contribution in [1.29, 1.82) is 0 Å². The van der Waals surface area contributed by atoms with Gasteiger partial charge in [0.1, 0.15) is 0 Å². The zero-order chi connectivity index (χ0) is 16.0. The molecule has 1 rings (SSSR count). The van der Waals surface area contributed by atoms with Crippen LogP contribution in [0.1, 0.15) is 20.8 Å². The van der Waals surface area contributed by atoms with Gasteiger partial charge in [0.15, 0.2) is 0 Å². The number of benzene rings is 1. The number of hydrogen-bond acceptors (Lipinski definition) is 4. The second-order valence-corrected chi connectivity index (χ2v) is 5.41. The zero-order valence-electron chi connectivity index (χ0n) is 12.1. The highest BCUT2D eigenvalue weighted by atomic mass is 16.6. The summed E-state index contributed by atoms with van der Waals surface area (Å²) in [5.74, 6) is -0.304. The number of carbonyl (C=O) groups excluding carboxylic acids is 2. The molecule has 0 radical (unpaired) electrons. The number of nitrogens with one attached hydrogen (secondary N) is 3. The van der Waals surface area contributed by atoms with Crippen LogP contribution in [-0.2, 0) is 4.79 Å². The first-order valence-corrected chi connectivity index (χ1v) is 6.28. The fourth-order valence-electron chi connectivity index (χ4n) is 1.46. The largest absolute Gasteiger partial charge is 0.350 e. The third-order valence-corrected chi connectivity index (χ3v) is 2.26. The topological polar surface area (TPSA) is 113 Å². The highest BCUT2D eigenvalue weighted by Crippen LogP contribution is 2.15. The fourth-order valence-corrected chi connectivity index (χ4v) is 1.46. The number of nitro benzene ring substituents is 1. The third kappa shape index (κ3) is 6.37. The van der Waals surface area contributed by atoms with E-state index in [1.54, 1.807) is 0 Å². The Hall–Kier alpha value is -2.64. The maximum atomic E-state index is 11.6. The lowest BCUT2D eigenvalue weighted by Gasteiger charge is -2.20. The van der Waals surface area contributed by atoms with Gasteiger partial charge in [0.25, 0.3) is 5.69 Å². The van der Waals surface area contributed by atoms with Gasteiger partial charge in [-0.25, -0.2) is 4.79 Å². The first kappa shape index (κ1) is 16.4. The van der Waals surface area contributed by atoms with Gasteiger partial charge in [0, 0.05) is 23.4 Å². The highest BCUT2D eigenvalue weighted by molar-refractivity contribution is 5.92. The van der Waals surface area contributed by atoms with Gasteiger partial charge < -0.3 is 16.0 Å². The number of urea groups is 1. The molecule has 3 N–H and O–H groups in total. The number of rotatable bonds is 4. The van der Waals surface area contributed by atoms with E-state index in [2.05, 4.69) is 16.0 Å². The summed E-state index contributed by atoms with van der Waals surface area (Å²) in [6.45, 7) is 5.35. The molecule has 0 saturated carbocycles. The quantitative estimate of drug-likeness (QED) is 0.578. The first-order valence-electron chi connectivity index (χ1n) is 6.28. The van der Waals surface area contributed by atoms with Gasteiger partial charge in [-0.15, -0.1) is 0 Å². The molecule has 0 spiro atoms. The summed E-state index contributed by atoms with van der Waals surface area (Å²) in [6, 6.07) is 4.82. The molecule has 21 heavy (non-hydrogen) atoms. The van der Waals surface area contributed by atoms with E-state index in [-0.39, 0.29) is 23.7 Å². The predicted molar refractivity (Wildman–Crippen MR) is 78.0 cm³/mol. The SMILES string of the molecule is CC(C)(C)NC(=O)CNC(=O)Nc1ccc([N+](=O)[O-])cc1. The molecule has 0 aliphatic heterocycles. The van der Waals surface area contributed by atoms with Crippen LogP contribution >= 0.6 is 0 Å². The third-order valence-electron chi connectivity index (χ3n) is 2.26. The second-order valence-electron chi connectivity index (χ2n) is 5.41. The van der Waals surface area contributed by atoms with Crippen molar-refractivity contribution in [2.45, 2.75) is 26.3 Å². The van der Waals surface area contributed by atoms with Crippen molar-refractivity contribution in [3.8, 4) is 0 Å². The average molecular weight is 294 g/mol. The van der Waals surface area contributed by atoms with Gasteiger partial charge in [-0.3, -0.25) is 14.9 Å². The van der Waals surface area contributed by atoms with Crippen molar-refractivity contribution in [2.75, 3.05) is 11.9 Å². The number of carbonyl (C=O) groups is 2. The van der Waals surface area contributed by atoms with Gasteiger partial charge in [0.2, 0.25) is 5.91 Å². The molecule has 1 aromatic rings. The van der Waals surface area contributed by atoms with Gasteiger partial charge in [-0.1, -0.05) is 0 Å². The fraction of sp³-hybridized carbons (Fsp3) is 0.385. The molecule has 0 aliphatic carbocycles. The molecule has 0 fully saturated rings. The van der Waals surface area contributed by atoms with Crippen LogP contribution in [0.2, 0.25) is 0 Å². The van der Waals surface area contributed by atoms with E-state index in [0.717, 1.165) is 0 Å². The number of anilines is 1. The Balaban J connectivity index is 2.43. The summed E-state index contributed by atoms with van der Waals surface area (Å²) in [7, 11) is 0. The molecule has 0 unspecified atom stereocenters. The first-order chi connectivity index (χ1) is 9.67. The summed E-state index contributed by atoms with van der Waals surface area (Å²) in [5, 5.41) is 18.1. The van der Waals surface area contributed by atoms with Crippen LogP contribution in [0.4, 0.5) is 16.2 Å². The Morgan fingerprint density at radius 3 is 2.24 bits per heavy atom. The minimum atomic E-state index is -0.562. The van der Waals surface area contributed by atoms with Crippen molar-refractivity contribution >= 4 is 23.3 Å². The summed E-state index contributed by atoms with van der Waals surface area (Å²) >= 11 is 0. The Morgan fingerprint density at radius 2 is 1.76 bits per heavy atom. The second kappa shape index (κ2) is 6.69. The van der Waals surface area contributed by atoms with Crippen LogP contribution in [-0.4, -0.2) is 28.9 Å². The zero-order valence-corrected chi connectivity index (χ0v) is 12.1. The van der Waals surface area contributed by atoms with Gasteiger partial charge in [-0.2, -0.15) is 0 Å². The molecular weight excluding hydrogens is 276 g/mol. The van der Waals surface area contributed by atoms with Crippen molar-refractivity contribution in [1.82, 2.24) is 10.6 Å². The lowest BCUT2D eigenvalue weighted by Crippen LogP contribution is -2.46. The van der Waals surface area contributed by atoms with E-state index in [4.69, 9.17) is 0 Å². The highest BCUT2D eigenvalue weighted by Gasteiger charge is 2.14. The summed E-state index contributed by atoms with van der Waals surface area (Å²) in [4.78, 5) is 33.0. The van der Waals surface area contributed by atoms with E-state index in [1.165, 1.54) is 24.3 Å². The van der Waals surface area contributed by atoms with Crippen LogP contribution in [0, 0.1) is 10.1 Å². The van der Waals surface area contributed by atoms with Crippen molar-refractivity contribution in [3.05, 3.63) is 34.4 Å². The van der Waals surface area contributed by atoms with Crippen molar-refractivity contribution in [2.24, 2.45) is 0 Å². The van der Waals surface area contributed by atoms with Crippen LogP contribution in [0.5, 0.6) is 0 Å². The Bertz CT molecular complexity index is 534. The molecule has 0 bridgehead atoms. The van der Waals surface area contributed by atoms with E-state index in [1.807, 2.05) is 20.8 Å². The summed E-state index contributed by atoms with van der Waals surface area (Å²) < 4.78 is 0. The summed E-state index contributed by atoms with van der Waals surface area (Å²) in [5.41, 5.74) is -0.0343. The summed E-state index contributed by atoms with van der Waals surface area (Å²) in [6.07, 6.45) is 0. The average Bonchev–Trinajstić information content (AvgIpc) is 2.35. The van der Waals surface area contributed by atoms with Crippen molar-refractivity contribution in [3.63, 3.8) is 0 Å². The molecule has 8 heteroatoms. The molecule has 8 nitrogen and oxygen atoms in total. The molecule has 0 aliphatic rings. The maximum absolute atomic E-state index is 11.6. The molecule has 0 heterocycles. The molecular formula is C13H18N4O4. The van der Waals surface area contributed by atoms with Gasteiger partial charge in [-0.05, 0) is 32.9 Å². The molecule has 1 aromatic carbocycles. The number of hydrogen-bond donors (Lipinski definition) is 3. The van der Waals surface area contributed by atoms with E-state index >= 15 is 0 Å². The van der Waals surface area contributed by atoms with Crippen LogP contribution in [0.25, 0.3) is 0 Å². The van der Waals surface area contributed by atoms with Crippen LogP contribution in [0.3, 0.4) is 0 Å². The molecule has 114 valence electrons. The predicted octanol–water partition coefficient (Wildman–Crippen LogP) is 1.63. The Morgan fingerprint density at radius 1 is 1.19 bits per heavy atom. The standard InChI is InChI=1S/C13H18N4O4/c1-13(2,3)16-11(18)8-14-12(19)15-9-4-6-10(7-5-9)17(20)21/h4-7H,8H2,1-3H3,(H,16,18)(H2,14,15,19). The number of amides is 3. The smallest absolute Gasteiger partial charge is 0.319 e. The van der Waals surface area contributed by atoms with Gasteiger partial charge in [0.05, 0.1) is 11.5 Å². The Kier molecular flexibility index (Phi) is 5.23. The molecule has 0 aromatic heterocycles.